The van der Waals surface area contributed by atoms with Gasteiger partial charge in [0.15, 0.2) is 0 Å². The first-order chi connectivity index (χ1) is 10.2. The number of hydrogen-bond donors (Lipinski definition) is 2. The van der Waals surface area contributed by atoms with Crippen LogP contribution >= 0.6 is 0 Å². The second-order valence-electron chi connectivity index (χ2n) is 5.41. The Hall–Kier alpha value is -2.20. The molecule has 1 unspecified atom stereocenters. The van der Waals surface area contributed by atoms with Crippen molar-refractivity contribution in [1.29, 1.82) is 0 Å². The fourth-order valence-electron chi connectivity index (χ4n) is 2.87. The SMILES string of the molecule is CNCc1ccc2nccc(C(C)c3[nH]cnc3C)c2c1. The second-order valence-corrected chi connectivity index (χ2v) is 5.41. The number of H-pyrrole nitrogens is 1. The summed E-state index contributed by atoms with van der Waals surface area (Å²) in [5, 5.41) is 4.41. The zero-order chi connectivity index (χ0) is 14.8. The van der Waals surface area contributed by atoms with E-state index in [1.165, 1.54) is 22.2 Å². The lowest BCUT2D eigenvalue weighted by Gasteiger charge is -2.14. The van der Waals surface area contributed by atoms with Crippen LogP contribution in [-0.2, 0) is 6.54 Å². The summed E-state index contributed by atoms with van der Waals surface area (Å²) in [6.45, 7) is 5.11. The predicted molar refractivity (Wildman–Crippen MR) is 85.3 cm³/mol. The highest BCUT2D eigenvalue weighted by Crippen LogP contribution is 2.30. The van der Waals surface area contributed by atoms with Gasteiger partial charge in [0.25, 0.3) is 0 Å². The van der Waals surface area contributed by atoms with Gasteiger partial charge < -0.3 is 10.3 Å². The van der Waals surface area contributed by atoms with E-state index < -0.39 is 0 Å². The first kappa shape index (κ1) is 13.8. The van der Waals surface area contributed by atoms with Crippen molar-refractivity contribution in [2.45, 2.75) is 26.3 Å². The molecule has 4 heteroatoms. The number of rotatable bonds is 4. The predicted octanol–water partition coefficient (Wildman–Crippen LogP) is 3.14. The van der Waals surface area contributed by atoms with Gasteiger partial charge in [-0.25, -0.2) is 4.98 Å². The van der Waals surface area contributed by atoms with Gasteiger partial charge in [-0.1, -0.05) is 13.0 Å². The molecule has 0 aliphatic carbocycles. The number of benzene rings is 1. The van der Waals surface area contributed by atoms with Gasteiger partial charge in [-0.2, -0.15) is 0 Å². The second kappa shape index (κ2) is 5.66. The molecule has 0 bridgehead atoms. The van der Waals surface area contributed by atoms with Crippen molar-refractivity contribution in [3.63, 3.8) is 0 Å². The van der Waals surface area contributed by atoms with Crippen LogP contribution in [0.4, 0.5) is 0 Å². The molecule has 108 valence electrons. The molecule has 1 atom stereocenters. The van der Waals surface area contributed by atoms with E-state index in [1.807, 2.05) is 20.2 Å². The van der Waals surface area contributed by atoms with Crippen molar-refractivity contribution in [3.05, 3.63) is 59.3 Å². The topological polar surface area (TPSA) is 53.6 Å². The average Bonchev–Trinajstić information content (AvgIpc) is 2.92. The maximum absolute atomic E-state index is 4.48. The minimum absolute atomic E-state index is 0.267. The van der Waals surface area contributed by atoms with E-state index in [-0.39, 0.29) is 5.92 Å². The molecule has 0 fully saturated rings. The third-order valence-electron chi connectivity index (χ3n) is 3.99. The minimum atomic E-state index is 0.267. The number of aromatic amines is 1. The summed E-state index contributed by atoms with van der Waals surface area (Å²) in [5.74, 6) is 0.267. The van der Waals surface area contributed by atoms with Crippen LogP contribution < -0.4 is 5.32 Å². The summed E-state index contributed by atoms with van der Waals surface area (Å²) in [6.07, 6.45) is 3.65. The largest absolute Gasteiger partial charge is 0.348 e. The van der Waals surface area contributed by atoms with Crippen LogP contribution in [0.5, 0.6) is 0 Å². The van der Waals surface area contributed by atoms with Crippen molar-refractivity contribution in [2.75, 3.05) is 7.05 Å². The number of aryl methyl sites for hydroxylation is 1. The molecule has 1 aromatic carbocycles. The van der Waals surface area contributed by atoms with Crippen LogP contribution in [0.3, 0.4) is 0 Å². The minimum Gasteiger partial charge on any atom is -0.348 e. The van der Waals surface area contributed by atoms with Crippen LogP contribution in [0.25, 0.3) is 10.9 Å². The molecular formula is C17H20N4. The van der Waals surface area contributed by atoms with Gasteiger partial charge >= 0.3 is 0 Å². The highest BCUT2D eigenvalue weighted by molar-refractivity contribution is 5.83. The number of fused-ring (bicyclic) bond motifs is 1. The first-order valence-electron chi connectivity index (χ1n) is 7.22. The van der Waals surface area contributed by atoms with Gasteiger partial charge in [-0.3, -0.25) is 4.98 Å². The lowest BCUT2D eigenvalue weighted by Crippen LogP contribution is -2.05. The fraction of sp³-hybridized carbons (Fsp3) is 0.294. The van der Waals surface area contributed by atoms with Crippen LogP contribution in [0.1, 0.15) is 35.4 Å². The molecule has 2 aromatic heterocycles. The van der Waals surface area contributed by atoms with Gasteiger partial charge in [-0.05, 0) is 43.3 Å². The molecule has 0 aliphatic rings. The summed E-state index contributed by atoms with van der Waals surface area (Å²) >= 11 is 0. The number of imidazole rings is 1. The van der Waals surface area contributed by atoms with Crippen molar-refractivity contribution >= 4 is 10.9 Å². The van der Waals surface area contributed by atoms with Gasteiger partial charge in [0.2, 0.25) is 0 Å². The Bertz CT molecular complexity index is 760. The standard InChI is InChI=1S/C17H20N4/c1-11(17-12(2)20-10-21-17)14-6-7-19-16-5-4-13(9-18-3)8-15(14)16/h4-8,10-11,18H,9H2,1-3H3,(H,20,21). The van der Waals surface area contributed by atoms with Crippen LogP contribution in [0.2, 0.25) is 0 Å². The molecule has 0 saturated carbocycles. The van der Waals surface area contributed by atoms with Gasteiger partial charge in [0, 0.05) is 29.7 Å². The van der Waals surface area contributed by atoms with E-state index in [0.717, 1.165) is 17.8 Å². The van der Waals surface area contributed by atoms with Gasteiger partial charge in [-0.15, -0.1) is 0 Å². The lowest BCUT2D eigenvalue weighted by molar-refractivity contribution is 0.818. The van der Waals surface area contributed by atoms with Gasteiger partial charge in [0.05, 0.1) is 17.5 Å². The molecule has 3 rings (SSSR count). The van der Waals surface area contributed by atoms with E-state index >= 15 is 0 Å². The summed E-state index contributed by atoms with van der Waals surface area (Å²) in [4.78, 5) is 12.1. The third kappa shape index (κ3) is 2.54. The van der Waals surface area contributed by atoms with E-state index in [0.29, 0.717) is 0 Å². The Labute approximate surface area is 124 Å². The lowest BCUT2D eigenvalue weighted by atomic mass is 9.93. The molecule has 0 radical (unpaired) electrons. The van der Waals surface area contributed by atoms with E-state index in [4.69, 9.17) is 0 Å². The molecule has 0 spiro atoms. The molecule has 0 amide bonds. The number of hydrogen-bond acceptors (Lipinski definition) is 3. The van der Waals surface area contributed by atoms with Crippen molar-refractivity contribution in [1.82, 2.24) is 20.3 Å². The van der Waals surface area contributed by atoms with E-state index in [2.05, 4.69) is 51.5 Å². The number of nitrogens with one attached hydrogen (secondary N) is 2. The zero-order valence-corrected chi connectivity index (χ0v) is 12.6. The quantitative estimate of drug-likeness (QED) is 0.772. The molecule has 2 N–H and O–H groups in total. The normalized spacial score (nSPS) is 12.7. The van der Waals surface area contributed by atoms with E-state index in [1.54, 1.807) is 6.33 Å². The number of nitrogens with zero attached hydrogens (tertiary/aromatic N) is 2. The summed E-state index contributed by atoms with van der Waals surface area (Å²) in [7, 11) is 1.96. The molecule has 21 heavy (non-hydrogen) atoms. The molecule has 2 heterocycles. The van der Waals surface area contributed by atoms with Gasteiger partial charge in [0.1, 0.15) is 0 Å². The molecule has 0 aliphatic heterocycles. The third-order valence-corrected chi connectivity index (χ3v) is 3.99. The maximum atomic E-state index is 4.48. The van der Waals surface area contributed by atoms with Crippen molar-refractivity contribution in [2.24, 2.45) is 0 Å². The monoisotopic (exact) mass is 280 g/mol. The molecule has 0 saturated heterocycles. The van der Waals surface area contributed by atoms with E-state index in [9.17, 15) is 0 Å². The summed E-state index contributed by atoms with van der Waals surface area (Å²) in [5.41, 5.74) is 5.81. The maximum Gasteiger partial charge on any atom is 0.0925 e. The van der Waals surface area contributed by atoms with Crippen LogP contribution in [-0.4, -0.2) is 22.0 Å². The Balaban J connectivity index is 2.13. The number of aromatic nitrogens is 3. The number of pyridine rings is 1. The first-order valence-corrected chi connectivity index (χ1v) is 7.22. The Morgan fingerprint density at radius 3 is 2.81 bits per heavy atom. The molecule has 3 aromatic rings. The smallest absolute Gasteiger partial charge is 0.0925 e. The Kier molecular flexibility index (Phi) is 3.71. The molecule has 4 nitrogen and oxygen atoms in total. The van der Waals surface area contributed by atoms with Crippen molar-refractivity contribution < 1.29 is 0 Å². The highest BCUT2D eigenvalue weighted by Gasteiger charge is 2.16. The van der Waals surface area contributed by atoms with Crippen LogP contribution in [0, 0.1) is 6.92 Å². The Morgan fingerprint density at radius 1 is 1.24 bits per heavy atom. The Morgan fingerprint density at radius 2 is 2.10 bits per heavy atom. The highest BCUT2D eigenvalue weighted by atomic mass is 14.9. The fourth-order valence-corrected chi connectivity index (χ4v) is 2.87. The van der Waals surface area contributed by atoms with Crippen LogP contribution in [0.15, 0.2) is 36.8 Å². The summed E-state index contributed by atoms with van der Waals surface area (Å²) in [6, 6.07) is 8.56. The summed E-state index contributed by atoms with van der Waals surface area (Å²) < 4.78 is 0. The molecular weight excluding hydrogens is 260 g/mol. The average molecular weight is 280 g/mol. The zero-order valence-electron chi connectivity index (χ0n) is 12.6. The van der Waals surface area contributed by atoms with Crippen molar-refractivity contribution in [3.8, 4) is 0 Å².